The largest absolute Gasteiger partial charge is 0.426 e. The zero-order valence-corrected chi connectivity index (χ0v) is 12.1. The summed E-state index contributed by atoms with van der Waals surface area (Å²) in [5.41, 5.74) is 0.0267. The fourth-order valence-electron chi connectivity index (χ4n) is 1.59. The van der Waals surface area contributed by atoms with Gasteiger partial charge < -0.3 is 4.74 Å². The molecule has 2 aromatic carbocycles. The topological polar surface area (TPSA) is 69.4 Å². The summed E-state index contributed by atoms with van der Waals surface area (Å²) >= 11 is 1.29. The molecule has 0 spiro atoms. The minimum Gasteiger partial charge on any atom is -0.426 e. The van der Waals surface area contributed by atoms with Gasteiger partial charge in [0.1, 0.15) is 11.0 Å². The summed E-state index contributed by atoms with van der Waals surface area (Å²) in [5, 5.41) is 10.2. The molecule has 6 heteroatoms. The highest BCUT2D eigenvalue weighted by Gasteiger charge is 2.17. The molecule has 0 fully saturated rings. The molecule has 0 aliphatic carbocycles. The molecule has 0 amide bonds. The Morgan fingerprint density at radius 1 is 1.14 bits per heavy atom. The van der Waals surface area contributed by atoms with Crippen molar-refractivity contribution >= 4 is 23.4 Å². The summed E-state index contributed by atoms with van der Waals surface area (Å²) in [6.07, 6.45) is 0. The van der Waals surface area contributed by atoms with Crippen LogP contribution in [-0.4, -0.2) is 16.1 Å². The third-order valence-electron chi connectivity index (χ3n) is 2.65. The number of nitro benzene ring substituents is 1. The third kappa shape index (κ3) is 4.32. The van der Waals surface area contributed by atoms with Gasteiger partial charge in [-0.15, -0.1) is 11.8 Å². The lowest BCUT2D eigenvalue weighted by molar-refractivity contribution is -0.384. The van der Waals surface area contributed by atoms with Gasteiger partial charge in [-0.1, -0.05) is 18.2 Å². The normalized spacial score (nSPS) is 11.7. The molecule has 0 unspecified atom stereocenters. The van der Waals surface area contributed by atoms with Crippen molar-refractivity contribution in [2.24, 2.45) is 0 Å². The fourth-order valence-corrected chi connectivity index (χ4v) is 2.43. The smallest absolute Gasteiger partial charge is 0.324 e. The van der Waals surface area contributed by atoms with Crippen LogP contribution in [0, 0.1) is 10.1 Å². The molecular weight excluding hydrogens is 290 g/mol. The highest BCUT2D eigenvalue weighted by atomic mass is 32.2. The Morgan fingerprint density at radius 3 is 2.33 bits per heavy atom. The van der Waals surface area contributed by atoms with Crippen molar-refractivity contribution in [3.63, 3.8) is 0 Å². The van der Waals surface area contributed by atoms with Crippen molar-refractivity contribution < 1.29 is 14.5 Å². The maximum absolute atomic E-state index is 11.9. The van der Waals surface area contributed by atoms with Crippen LogP contribution in [0.1, 0.15) is 6.92 Å². The quantitative estimate of drug-likeness (QED) is 0.277. The third-order valence-corrected chi connectivity index (χ3v) is 3.74. The van der Waals surface area contributed by atoms with Crippen LogP contribution in [0.15, 0.2) is 59.5 Å². The molecule has 21 heavy (non-hydrogen) atoms. The molecule has 0 heterocycles. The first-order valence-electron chi connectivity index (χ1n) is 6.24. The number of hydrogen-bond donors (Lipinski definition) is 0. The van der Waals surface area contributed by atoms with Gasteiger partial charge >= 0.3 is 5.97 Å². The Kier molecular flexibility index (Phi) is 4.94. The maximum Gasteiger partial charge on any atom is 0.324 e. The van der Waals surface area contributed by atoms with E-state index < -0.39 is 10.2 Å². The highest BCUT2D eigenvalue weighted by Crippen LogP contribution is 2.26. The monoisotopic (exact) mass is 303 g/mol. The van der Waals surface area contributed by atoms with Gasteiger partial charge in [-0.25, -0.2) is 0 Å². The average Bonchev–Trinajstić information content (AvgIpc) is 2.48. The summed E-state index contributed by atoms with van der Waals surface area (Å²) in [4.78, 5) is 22.8. The average molecular weight is 303 g/mol. The SMILES string of the molecule is C[C@@H](Sc1ccc([N+](=O)[O-])cc1)C(=O)Oc1ccccc1. The first-order chi connectivity index (χ1) is 10.1. The van der Waals surface area contributed by atoms with Crippen LogP contribution >= 0.6 is 11.8 Å². The van der Waals surface area contributed by atoms with E-state index in [-0.39, 0.29) is 11.7 Å². The molecule has 0 aliphatic heterocycles. The number of para-hydroxylation sites is 1. The van der Waals surface area contributed by atoms with Gasteiger partial charge in [0, 0.05) is 17.0 Å². The molecule has 5 nitrogen and oxygen atoms in total. The van der Waals surface area contributed by atoms with Crippen LogP contribution in [0.4, 0.5) is 5.69 Å². The number of carbonyl (C=O) groups excluding carboxylic acids is 1. The zero-order valence-electron chi connectivity index (χ0n) is 11.3. The standard InChI is InChI=1S/C15H13NO4S/c1-11(15(17)20-13-5-3-2-4-6-13)21-14-9-7-12(8-10-14)16(18)19/h2-11H,1H3/t11-/m1/s1. The molecule has 2 rings (SSSR count). The number of hydrogen-bond acceptors (Lipinski definition) is 5. The Morgan fingerprint density at radius 2 is 1.76 bits per heavy atom. The molecule has 0 saturated carbocycles. The van der Waals surface area contributed by atoms with E-state index >= 15 is 0 Å². The number of rotatable bonds is 5. The predicted octanol–water partition coefficient (Wildman–Crippen LogP) is 3.68. The number of carbonyl (C=O) groups is 1. The molecule has 108 valence electrons. The van der Waals surface area contributed by atoms with Crippen molar-refractivity contribution in [1.82, 2.24) is 0 Å². The summed E-state index contributed by atoms with van der Waals surface area (Å²) in [6.45, 7) is 1.73. The van der Waals surface area contributed by atoms with Crippen molar-refractivity contribution in [3.8, 4) is 5.75 Å². The summed E-state index contributed by atoms with van der Waals surface area (Å²) in [5.74, 6) is 0.142. The van der Waals surface area contributed by atoms with Crippen LogP contribution in [0.2, 0.25) is 0 Å². The zero-order chi connectivity index (χ0) is 15.2. The first-order valence-corrected chi connectivity index (χ1v) is 7.12. The van der Waals surface area contributed by atoms with Gasteiger partial charge in [-0.3, -0.25) is 14.9 Å². The number of nitrogens with zero attached hydrogens (tertiary/aromatic N) is 1. The van der Waals surface area contributed by atoms with Gasteiger partial charge in [-0.05, 0) is 31.2 Å². The fraction of sp³-hybridized carbons (Fsp3) is 0.133. The van der Waals surface area contributed by atoms with Crippen LogP contribution < -0.4 is 4.74 Å². The van der Waals surface area contributed by atoms with E-state index in [0.29, 0.717) is 5.75 Å². The number of nitro groups is 1. The Labute approximate surface area is 126 Å². The second-order valence-corrected chi connectivity index (χ2v) is 5.66. The van der Waals surface area contributed by atoms with E-state index in [4.69, 9.17) is 4.74 Å². The van der Waals surface area contributed by atoms with E-state index in [0.717, 1.165) is 4.90 Å². The van der Waals surface area contributed by atoms with Crippen LogP contribution in [0.3, 0.4) is 0 Å². The van der Waals surface area contributed by atoms with E-state index in [1.165, 1.54) is 23.9 Å². The van der Waals surface area contributed by atoms with Crippen molar-refractivity contribution in [3.05, 3.63) is 64.7 Å². The number of thioether (sulfide) groups is 1. The number of ether oxygens (including phenoxy) is 1. The summed E-state index contributed by atoms with van der Waals surface area (Å²) in [6, 6.07) is 14.9. The second kappa shape index (κ2) is 6.90. The van der Waals surface area contributed by atoms with Gasteiger partial charge in [0.05, 0.1) is 4.92 Å². The number of non-ortho nitro benzene ring substituents is 1. The van der Waals surface area contributed by atoms with Gasteiger partial charge in [0.15, 0.2) is 0 Å². The van der Waals surface area contributed by atoms with Gasteiger partial charge in [-0.2, -0.15) is 0 Å². The first kappa shape index (κ1) is 15.1. The highest BCUT2D eigenvalue weighted by molar-refractivity contribution is 8.00. The minimum absolute atomic E-state index is 0.0267. The van der Waals surface area contributed by atoms with E-state index in [2.05, 4.69) is 0 Å². The Balaban J connectivity index is 1.95. The molecule has 0 radical (unpaired) electrons. The van der Waals surface area contributed by atoms with Crippen molar-refractivity contribution in [2.45, 2.75) is 17.1 Å². The number of esters is 1. The Bertz CT molecular complexity index is 628. The molecular formula is C15H13NO4S. The lowest BCUT2D eigenvalue weighted by atomic mass is 10.3. The Hall–Kier alpha value is -2.34. The summed E-state index contributed by atoms with van der Waals surface area (Å²) in [7, 11) is 0. The minimum atomic E-state index is -0.457. The van der Waals surface area contributed by atoms with Gasteiger partial charge in [0.25, 0.3) is 5.69 Å². The molecule has 0 aliphatic rings. The predicted molar refractivity (Wildman–Crippen MR) is 80.5 cm³/mol. The lowest BCUT2D eigenvalue weighted by Crippen LogP contribution is -2.19. The molecule has 0 bridgehead atoms. The lowest BCUT2D eigenvalue weighted by Gasteiger charge is -2.10. The molecule has 0 aromatic heterocycles. The van der Waals surface area contributed by atoms with Crippen LogP contribution in [-0.2, 0) is 4.79 Å². The van der Waals surface area contributed by atoms with Crippen LogP contribution in [0.5, 0.6) is 5.75 Å². The van der Waals surface area contributed by atoms with E-state index in [1.807, 2.05) is 6.07 Å². The molecule has 0 saturated heterocycles. The number of benzene rings is 2. The molecule has 2 aromatic rings. The molecule has 1 atom stereocenters. The van der Waals surface area contributed by atoms with Gasteiger partial charge in [0.2, 0.25) is 0 Å². The van der Waals surface area contributed by atoms with E-state index in [1.54, 1.807) is 43.3 Å². The van der Waals surface area contributed by atoms with E-state index in [9.17, 15) is 14.9 Å². The van der Waals surface area contributed by atoms with Crippen molar-refractivity contribution in [2.75, 3.05) is 0 Å². The maximum atomic E-state index is 11.9. The molecule has 0 N–H and O–H groups in total. The summed E-state index contributed by atoms with van der Waals surface area (Å²) < 4.78 is 5.24. The van der Waals surface area contributed by atoms with Crippen molar-refractivity contribution in [1.29, 1.82) is 0 Å². The van der Waals surface area contributed by atoms with Crippen LogP contribution in [0.25, 0.3) is 0 Å². The second-order valence-electron chi connectivity index (χ2n) is 4.25.